The first-order valence-electron chi connectivity index (χ1n) is 12.5. The quantitative estimate of drug-likeness (QED) is 0.476. The summed E-state index contributed by atoms with van der Waals surface area (Å²) >= 11 is 6.95. The summed E-state index contributed by atoms with van der Waals surface area (Å²) in [7, 11) is 0. The largest absolute Gasteiger partial charge is 0.486 e. The highest BCUT2D eigenvalue weighted by molar-refractivity contribution is 6.36. The third-order valence-electron chi connectivity index (χ3n) is 6.82. The summed E-state index contributed by atoms with van der Waals surface area (Å²) in [6.45, 7) is 7.76. The second-order valence-electron chi connectivity index (χ2n) is 9.43. The minimum atomic E-state index is -0.301. The molecular formula is C27H30ClN5O4. The summed E-state index contributed by atoms with van der Waals surface area (Å²) in [6, 6.07) is 6.88. The number of carbonyl (C=O) groups is 2. The maximum Gasteiger partial charge on any atom is 0.258 e. The highest BCUT2D eigenvalue weighted by atomic mass is 35.5. The lowest BCUT2D eigenvalue weighted by Crippen LogP contribution is -2.34. The van der Waals surface area contributed by atoms with Gasteiger partial charge in [0.1, 0.15) is 16.9 Å². The SMILES string of the molecule is C=CC(=O)N1CCCCC(n2c(NC(=O)c3ccnc(C)c3)nc3ccc(O[C@H]4CCOC4)c(Cl)c32)C1. The Balaban J connectivity index is 1.58. The summed E-state index contributed by atoms with van der Waals surface area (Å²) in [5.74, 6) is 0.493. The topological polar surface area (TPSA) is 98.6 Å². The number of imidazole rings is 1. The molecule has 0 radical (unpaired) electrons. The molecule has 1 unspecified atom stereocenters. The van der Waals surface area contributed by atoms with E-state index >= 15 is 0 Å². The van der Waals surface area contributed by atoms with Crippen LogP contribution in [-0.2, 0) is 9.53 Å². The highest BCUT2D eigenvalue weighted by Crippen LogP contribution is 2.39. The third kappa shape index (κ3) is 5.33. The first kappa shape index (κ1) is 25.2. The number of carbonyl (C=O) groups excluding carboxylic acids is 2. The van der Waals surface area contributed by atoms with Crippen LogP contribution < -0.4 is 10.1 Å². The van der Waals surface area contributed by atoms with Gasteiger partial charge in [0.25, 0.3) is 5.91 Å². The molecule has 2 saturated heterocycles. The molecule has 2 amide bonds. The van der Waals surface area contributed by atoms with Crippen LogP contribution >= 0.6 is 11.6 Å². The molecule has 2 fully saturated rings. The normalized spacial score (nSPS) is 20.0. The maximum absolute atomic E-state index is 13.2. The van der Waals surface area contributed by atoms with Crippen LogP contribution in [0.2, 0.25) is 5.02 Å². The number of aromatic nitrogens is 3. The molecule has 2 aliphatic heterocycles. The zero-order valence-electron chi connectivity index (χ0n) is 20.8. The zero-order valence-corrected chi connectivity index (χ0v) is 21.5. The molecule has 1 N–H and O–H groups in total. The Labute approximate surface area is 220 Å². The molecule has 0 aliphatic carbocycles. The predicted molar refractivity (Wildman–Crippen MR) is 141 cm³/mol. The molecule has 0 spiro atoms. The number of hydrogen-bond acceptors (Lipinski definition) is 6. The summed E-state index contributed by atoms with van der Waals surface area (Å²) < 4.78 is 13.6. The van der Waals surface area contributed by atoms with E-state index in [0.29, 0.717) is 59.6 Å². The second kappa shape index (κ2) is 10.9. The lowest BCUT2D eigenvalue weighted by molar-refractivity contribution is -0.126. The zero-order chi connectivity index (χ0) is 25.9. The summed E-state index contributed by atoms with van der Waals surface area (Å²) in [4.78, 5) is 36.5. The molecule has 3 aromatic rings. The molecule has 0 bridgehead atoms. The first-order valence-corrected chi connectivity index (χ1v) is 12.9. The molecule has 2 atom stereocenters. The van der Waals surface area contributed by atoms with Crippen molar-refractivity contribution in [2.75, 3.05) is 31.6 Å². The van der Waals surface area contributed by atoms with Crippen LogP contribution in [0.3, 0.4) is 0 Å². The Kier molecular flexibility index (Phi) is 7.43. The van der Waals surface area contributed by atoms with Crippen molar-refractivity contribution in [3.63, 3.8) is 0 Å². The number of nitrogens with one attached hydrogen (secondary N) is 1. The first-order chi connectivity index (χ1) is 17.9. The van der Waals surface area contributed by atoms with Gasteiger partial charge in [0, 0.05) is 37.0 Å². The average Bonchev–Trinajstić information content (AvgIpc) is 3.46. The molecule has 10 heteroatoms. The molecule has 4 heterocycles. The van der Waals surface area contributed by atoms with Gasteiger partial charge < -0.3 is 18.9 Å². The highest BCUT2D eigenvalue weighted by Gasteiger charge is 2.29. The number of hydrogen-bond donors (Lipinski definition) is 1. The molecule has 37 heavy (non-hydrogen) atoms. The number of aryl methyl sites for hydroxylation is 1. The molecule has 1 aromatic carbocycles. The number of rotatable bonds is 6. The number of ether oxygens (including phenoxy) is 2. The van der Waals surface area contributed by atoms with Crippen molar-refractivity contribution in [2.24, 2.45) is 0 Å². The molecule has 9 nitrogen and oxygen atoms in total. The molecule has 194 valence electrons. The van der Waals surface area contributed by atoms with E-state index in [9.17, 15) is 9.59 Å². The van der Waals surface area contributed by atoms with Crippen LogP contribution in [0.25, 0.3) is 11.0 Å². The summed E-state index contributed by atoms with van der Waals surface area (Å²) in [5.41, 5.74) is 2.51. The van der Waals surface area contributed by atoms with E-state index in [-0.39, 0.29) is 24.0 Å². The van der Waals surface area contributed by atoms with Crippen molar-refractivity contribution in [1.29, 1.82) is 0 Å². The van der Waals surface area contributed by atoms with Crippen LogP contribution in [0.15, 0.2) is 43.1 Å². The van der Waals surface area contributed by atoms with Gasteiger partial charge in [0.15, 0.2) is 0 Å². The Morgan fingerprint density at radius 1 is 1.27 bits per heavy atom. The number of halogens is 1. The number of fused-ring (bicyclic) bond motifs is 1. The molecule has 2 aromatic heterocycles. The van der Waals surface area contributed by atoms with Crippen molar-refractivity contribution < 1.29 is 19.1 Å². The average molecular weight is 524 g/mol. The van der Waals surface area contributed by atoms with Crippen molar-refractivity contribution in [2.45, 2.75) is 44.8 Å². The molecule has 2 aliphatic rings. The summed E-state index contributed by atoms with van der Waals surface area (Å²) in [5, 5.41) is 3.40. The molecule has 0 saturated carbocycles. The Bertz CT molecular complexity index is 1330. The number of likely N-dealkylation sites (tertiary alicyclic amines) is 1. The fourth-order valence-electron chi connectivity index (χ4n) is 4.97. The van der Waals surface area contributed by atoms with E-state index < -0.39 is 0 Å². The fourth-order valence-corrected chi connectivity index (χ4v) is 5.26. The van der Waals surface area contributed by atoms with Crippen LogP contribution in [0, 0.1) is 6.92 Å². The van der Waals surface area contributed by atoms with Crippen molar-refractivity contribution in [3.8, 4) is 5.75 Å². The number of nitrogens with zero attached hydrogens (tertiary/aromatic N) is 4. The van der Waals surface area contributed by atoms with Gasteiger partial charge in [-0.05, 0) is 56.5 Å². The Morgan fingerprint density at radius 2 is 2.14 bits per heavy atom. The van der Waals surface area contributed by atoms with Crippen LogP contribution in [0.1, 0.15) is 47.8 Å². The summed E-state index contributed by atoms with van der Waals surface area (Å²) in [6.07, 6.45) is 6.25. The van der Waals surface area contributed by atoms with Crippen molar-refractivity contribution >= 4 is 40.4 Å². The lowest BCUT2D eigenvalue weighted by atomic mass is 10.1. The monoisotopic (exact) mass is 523 g/mol. The van der Waals surface area contributed by atoms with Crippen LogP contribution in [-0.4, -0.2) is 63.7 Å². The van der Waals surface area contributed by atoms with Gasteiger partial charge in [0.05, 0.1) is 30.3 Å². The van der Waals surface area contributed by atoms with Crippen molar-refractivity contribution in [1.82, 2.24) is 19.4 Å². The van der Waals surface area contributed by atoms with Gasteiger partial charge in [-0.1, -0.05) is 18.2 Å². The van der Waals surface area contributed by atoms with Crippen LogP contribution in [0.4, 0.5) is 5.95 Å². The van der Waals surface area contributed by atoms with Gasteiger partial charge in [0.2, 0.25) is 11.9 Å². The van der Waals surface area contributed by atoms with E-state index in [1.54, 1.807) is 29.3 Å². The fraction of sp³-hybridized carbons (Fsp3) is 0.407. The number of pyridine rings is 1. The van der Waals surface area contributed by atoms with E-state index in [0.717, 1.165) is 31.4 Å². The predicted octanol–water partition coefficient (Wildman–Crippen LogP) is 4.55. The number of benzene rings is 1. The number of amides is 2. The molecule has 5 rings (SSSR count). The van der Waals surface area contributed by atoms with Gasteiger partial charge in [-0.15, -0.1) is 0 Å². The van der Waals surface area contributed by atoms with Gasteiger partial charge in [-0.3, -0.25) is 19.9 Å². The van der Waals surface area contributed by atoms with E-state index in [1.165, 1.54) is 6.08 Å². The van der Waals surface area contributed by atoms with Crippen molar-refractivity contribution in [3.05, 3.63) is 59.4 Å². The Hall–Kier alpha value is -3.43. The molecular weight excluding hydrogens is 494 g/mol. The van der Waals surface area contributed by atoms with Gasteiger partial charge >= 0.3 is 0 Å². The Morgan fingerprint density at radius 3 is 2.89 bits per heavy atom. The minimum Gasteiger partial charge on any atom is -0.486 e. The lowest BCUT2D eigenvalue weighted by Gasteiger charge is -2.26. The van der Waals surface area contributed by atoms with E-state index in [2.05, 4.69) is 16.9 Å². The second-order valence-corrected chi connectivity index (χ2v) is 9.81. The van der Waals surface area contributed by atoms with Gasteiger partial charge in [-0.2, -0.15) is 0 Å². The smallest absolute Gasteiger partial charge is 0.258 e. The minimum absolute atomic E-state index is 0.0704. The van der Waals surface area contributed by atoms with E-state index in [4.69, 9.17) is 26.1 Å². The number of anilines is 1. The van der Waals surface area contributed by atoms with Gasteiger partial charge in [-0.25, -0.2) is 4.98 Å². The van der Waals surface area contributed by atoms with E-state index in [1.807, 2.05) is 17.6 Å². The third-order valence-corrected chi connectivity index (χ3v) is 7.18. The maximum atomic E-state index is 13.2. The standard InChI is InChI=1S/C27H30ClN5O4/c1-3-23(34)32-12-5-4-6-19(15-32)33-25-21(7-8-22(24(25)28)37-20-10-13-36-16-20)30-27(33)31-26(35)18-9-11-29-17(2)14-18/h3,7-9,11,14,19-20H,1,4-6,10,12-13,15-16H2,2H3,(H,30,31,35)/t19?,20-/m0/s1. The van der Waals surface area contributed by atoms with Crippen LogP contribution in [0.5, 0.6) is 5.75 Å².